The molecule has 0 saturated carbocycles. The number of nitrogens with one attached hydrogen (secondary N) is 1. The van der Waals surface area contributed by atoms with E-state index in [-0.39, 0.29) is 43.0 Å². The number of ether oxygens (including phenoxy) is 2. The molecule has 0 unspecified atom stereocenters. The molecule has 254 valence electrons. The molecule has 4 atom stereocenters. The monoisotopic (exact) mass is 683 g/mol. The van der Waals surface area contributed by atoms with Crippen molar-refractivity contribution in [1.82, 2.24) is 9.80 Å². The van der Waals surface area contributed by atoms with Crippen LogP contribution in [0.25, 0.3) is 0 Å². The summed E-state index contributed by atoms with van der Waals surface area (Å²) in [4.78, 5) is 31.1. The highest BCUT2D eigenvalue weighted by Gasteiger charge is 2.30. The second-order valence-corrected chi connectivity index (χ2v) is 13.5. The first-order chi connectivity index (χ1) is 22.5. The number of likely N-dealkylation sites (N-methyl/N-ethyl adjacent to an activating group) is 1. The molecule has 0 bridgehead atoms. The molecular formula is C37H47Cl2N3O5. The number of benzene rings is 3. The van der Waals surface area contributed by atoms with E-state index in [1.807, 2.05) is 63.4 Å². The summed E-state index contributed by atoms with van der Waals surface area (Å²) in [5.74, 6) is -0.0699. The van der Waals surface area contributed by atoms with E-state index in [0.29, 0.717) is 53.3 Å². The fourth-order valence-electron chi connectivity index (χ4n) is 5.77. The van der Waals surface area contributed by atoms with Crippen molar-refractivity contribution in [2.24, 2.45) is 5.92 Å². The summed E-state index contributed by atoms with van der Waals surface area (Å²) in [6.45, 7) is 7.92. The second kappa shape index (κ2) is 17.9. The molecule has 1 aliphatic heterocycles. The molecule has 0 spiro atoms. The van der Waals surface area contributed by atoms with E-state index in [1.54, 1.807) is 29.2 Å². The fourth-order valence-corrected chi connectivity index (χ4v) is 6.09. The molecule has 1 aliphatic rings. The number of amides is 2. The molecular weight excluding hydrogens is 637 g/mol. The lowest BCUT2D eigenvalue weighted by atomic mass is 10.0. The summed E-state index contributed by atoms with van der Waals surface area (Å²) in [5, 5.41) is 14.2. The van der Waals surface area contributed by atoms with Crippen LogP contribution in [0.15, 0.2) is 66.7 Å². The number of nitrogens with zero attached hydrogens (tertiary/aromatic N) is 2. The van der Waals surface area contributed by atoms with E-state index in [2.05, 4.69) is 17.1 Å². The van der Waals surface area contributed by atoms with Gasteiger partial charge in [-0.25, -0.2) is 0 Å². The topological polar surface area (TPSA) is 91.3 Å². The maximum absolute atomic E-state index is 14.4. The zero-order valence-electron chi connectivity index (χ0n) is 27.8. The maximum atomic E-state index is 14.4. The van der Waals surface area contributed by atoms with Gasteiger partial charge in [0.25, 0.3) is 5.91 Å². The Morgan fingerprint density at radius 2 is 1.81 bits per heavy atom. The van der Waals surface area contributed by atoms with Gasteiger partial charge in [0.05, 0.1) is 46.9 Å². The number of aliphatic hydroxyl groups excluding tert-OH is 1. The van der Waals surface area contributed by atoms with Crippen molar-refractivity contribution in [3.8, 4) is 5.75 Å². The van der Waals surface area contributed by atoms with Crippen LogP contribution in [-0.4, -0.2) is 78.3 Å². The Morgan fingerprint density at radius 1 is 1.04 bits per heavy atom. The van der Waals surface area contributed by atoms with Crippen LogP contribution in [0, 0.1) is 5.92 Å². The van der Waals surface area contributed by atoms with Gasteiger partial charge < -0.3 is 24.8 Å². The molecule has 2 N–H and O–H groups in total. The van der Waals surface area contributed by atoms with Crippen LogP contribution in [0.1, 0.15) is 61.5 Å². The van der Waals surface area contributed by atoms with E-state index >= 15 is 0 Å². The minimum absolute atomic E-state index is 0.0656. The van der Waals surface area contributed by atoms with Crippen LogP contribution in [0.2, 0.25) is 10.0 Å². The van der Waals surface area contributed by atoms with Crippen molar-refractivity contribution in [2.45, 2.75) is 71.2 Å². The lowest BCUT2D eigenvalue weighted by Gasteiger charge is -2.36. The van der Waals surface area contributed by atoms with Gasteiger partial charge in [0.2, 0.25) is 5.91 Å². The van der Waals surface area contributed by atoms with Crippen molar-refractivity contribution in [3.05, 3.63) is 93.5 Å². The number of aliphatic hydroxyl groups is 1. The zero-order chi connectivity index (χ0) is 33.9. The number of carbonyl (C=O) groups excluding carboxylic acids is 2. The number of hydrogen-bond acceptors (Lipinski definition) is 6. The summed E-state index contributed by atoms with van der Waals surface area (Å²) >= 11 is 12.4. The third-order valence-corrected chi connectivity index (χ3v) is 9.21. The molecule has 1 heterocycles. The summed E-state index contributed by atoms with van der Waals surface area (Å²) in [5.41, 5.74) is 2.78. The van der Waals surface area contributed by atoms with Crippen LogP contribution < -0.4 is 10.1 Å². The summed E-state index contributed by atoms with van der Waals surface area (Å²) < 4.78 is 12.8. The third kappa shape index (κ3) is 10.9. The Kier molecular flexibility index (Phi) is 13.9. The molecule has 0 aliphatic carbocycles. The first-order valence-electron chi connectivity index (χ1n) is 16.3. The first-order valence-corrected chi connectivity index (χ1v) is 17.1. The van der Waals surface area contributed by atoms with Gasteiger partial charge in [-0.1, -0.05) is 66.5 Å². The zero-order valence-corrected chi connectivity index (χ0v) is 29.3. The van der Waals surface area contributed by atoms with Crippen molar-refractivity contribution in [3.63, 3.8) is 0 Å². The number of hydrogen-bond donors (Lipinski definition) is 2. The lowest BCUT2D eigenvalue weighted by molar-refractivity contribution is -0.115. The molecule has 0 saturated heterocycles. The number of halogens is 2. The van der Waals surface area contributed by atoms with Gasteiger partial charge in [0.1, 0.15) is 5.75 Å². The van der Waals surface area contributed by atoms with Crippen molar-refractivity contribution >= 4 is 40.7 Å². The molecule has 2 amide bonds. The van der Waals surface area contributed by atoms with Crippen molar-refractivity contribution in [2.75, 3.05) is 38.7 Å². The first kappa shape index (κ1) is 36.7. The third-order valence-electron chi connectivity index (χ3n) is 8.47. The molecule has 8 nitrogen and oxygen atoms in total. The predicted molar refractivity (Wildman–Crippen MR) is 188 cm³/mol. The number of rotatable bonds is 9. The normalized spacial score (nSPS) is 20.2. The van der Waals surface area contributed by atoms with Gasteiger partial charge >= 0.3 is 0 Å². The van der Waals surface area contributed by atoms with Gasteiger partial charge in [-0.15, -0.1) is 0 Å². The van der Waals surface area contributed by atoms with Gasteiger partial charge in [0.15, 0.2) is 0 Å². The molecule has 0 radical (unpaired) electrons. The average molecular weight is 685 g/mol. The Bertz CT molecular complexity index is 1470. The van der Waals surface area contributed by atoms with Gasteiger partial charge in [-0.2, -0.15) is 0 Å². The average Bonchev–Trinajstić information content (AvgIpc) is 3.04. The van der Waals surface area contributed by atoms with Crippen LogP contribution in [0.4, 0.5) is 5.69 Å². The van der Waals surface area contributed by atoms with Crippen molar-refractivity contribution < 1.29 is 24.2 Å². The number of fused-ring (bicyclic) bond motifs is 1. The van der Waals surface area contributed by atoms with E-state index in [4.69, 9.17) is 32.7 Å². The summed E-state index contributed by atoms with van der Waals surface area (Å²) in [6, 6.07) is 19.9. The highest BCUT2D eigenvalue weighted by molar-refractivity contribution is 6.42. The minimum Gasteiger partial charge on any atom is -0.490 e. The van der Waals surface area contributed by atoms with E-state index in [9.17, 15) is 14.7 Å². The van der Waals surface area contributed by atoms with Gasteiger partial charge in [-0.3, -0.25) is 14.5 Å². The van der Waals surface area contributed by atoms with Crippen LogP contribution >= 0.6 is 23.2 Å². The minimum atomic E-state index is -0.464. The molecule has 0 fully saturated rings. The Hall–Kier alpha value is -3.14. The molecule has 47 heavy (non-hydrogen) atoms. The smallest absolute Gasteiger partial charge is 0.258 e. The highest BCUT2D eigenvalue weighted by Crippen LogP contribution is 2.29. The molecule has 3 aromatic carbocycles. The molecule has 0 aromatic heterocycles. The summed E-state index contributed by atoms with van der Waals surface area (Å²) in [6.07, 6.45) is 2.48. The van der Waals surface area contributed by atoms with Crippen LogP contribution in [0.3, 0.4) is 0 Å². The number of anilines is 1. The Labute approximate surface area is 288 Å². The lowest BCUT2D eigenvalue weighted by Crippen LogP contribution is -2.47. The van der Waals surface area contributed by atoms with Gasteiger partial charge in [-0.05, 0) is 81.6 Å². The largest absolute Gasteiger partial charge is 0.490 e. The molecule has 10 heteroatoms. The fraction of sp³-hybridized carbons (Fsp3) is 0.459. The number of carbonyl (C=O) groups is 2. The summed E-state index contributed by atoms with van der Waals surface area (Å²) in [7, 11) is 2.03. The van der Waals surface area contributed by atoms with Crippen LogP contribution in [-0.2, 0) is 22.5 Å². The predicted octanol–water partition coefficient (Wildman–Crippen LogP) is 7.10. The second-order valence-electron chi connectivity index (χ2n) is 12.7. The molecule has 4 rings (SSSR count). The van der Waals surface area contributed by atoms with E-state index in [0.717, 1.165) is 30.4 Å². The Morgan fingerprint density at radius 3 is 2.53 bits per heavy atom. The standard InChI is InChI=1S/C37H47Cl2N3O5/c1-25-21-42(26(2)24-43)37(45)31-20-30(40-36(44)19-28-11-6-5-7-12-28)14-16-34(31)47-27(3)10-8-9-17-46-35(25)23-41(4)22-29-13-15-32(38)33(39)18-29/h5-7,11-16,18,20,25-27,35,43H,8-10,17,19,21-24H2,1-4H3,(H,40,44)/t25-,26-,27-,35+/m0/s1. The van der Waals surface area contributed by atoms with Crippen LogP contribution in [0.5, 0.6) is 5.75 Å². The van der Waals surface area contributed by atoms with Gasteiger partial charge in [0, 0.05) is 37.8 Å². The maximum Gasteiger partial charge on any atom is 0.258 e. The van der Waals surface area contributed by atoms with Crippen molar-refractivity contribution in [1.29, 1.82) is 0 Å². The SMILES string of the molecule is C[C@H]1CCCCO[C@H](CN(C)Cc2ccc(Cl)c(Cl)c2)[C@@H](C)CN([C@@H](C)CO)C(=O)c2cc(NC(=O)Cc3ccccc3)ccc2O1. The molecule has 3 aromatic rings. The van der Waals surface area contributed by atoms with E-state index < -0.39 is 6.04 Å². The quantitative estimate of drug-likeness (QED) is 0.250. The van der Waals surface area contributed by atoms with E-state index in [1.165, 1.54) is 0 Å². The highest BCUT2D eigenvalue weighted by atomic mass is 35.5. The Balaban J connectivity index is 1.58.